The van der Waals surface area contributed by atoms with Crippen LogP contribution in [0.4, 0.5) is 4.79 Å². The first kappa shape index (κ1) is 13.8. The highest BCUT2D eigenvalue weighted by Gasteiger charge is 2.36. The van der Waals surface area contributed by atoms with Crippen molar-refractivity contribution in [2.75, 3.05) is 6.54 Å². The molecule has 0 bridgehead atoms. The summed E-state index contributed by atoms with van der Waals surface area (Å²) in [6.45, 7) is 2.76. The molecule has 5 nitrogen and oxygen atoms in total. The smallest absolute Gasteiger partial charge is 0.315 e. The molecule has 0 heterocycles. The molecular weight excluding hydrogens is 216 g/mol. The molecule has 2 amide bonds. The number of nitrogens with two attached hydrogens (primary N) is 1. The molecule has 5 heteroatoms. The molecule has 5 N–H and O–H groups in total. The Morgan fingerprint density at radius 2 is 2.00 bits per heavy atom. The van der Waals surface area contributed by atoms with Gasteiger partial charge >= 0.3 is 6.03 Å². The lowest BCUT2D eigenvalue weighted by Gasteiger charge is -2.36. The monoisotopic (exact) mass is 240 g/mol. The molecule has 1 saturated carbocycles. The summed E-state index contributed by atoms with van der Waals surface area (Å²) in [5.41, 5.74) is 5.04. The quantitative estimate of drug-likeness (QED) is 0.335. The molecule has 1 aliphatic carbocycles. The van der Waals surface area contributed by atoms with E-state index in [1.165, 1.54) is 0 Å². The summed E-state index contributed by atoms with van der Waals surface area (Å²) in [7, 11) is 0. The van der Waals surface area contributed by atoms with E-state index in [2.05, 4.69) is 17.6 Å². The maximum Gasteiger partial charge on any atom is 0.315 e. The maximum absolute atomic E-state index is 11.7. The fraction of sp³-hybridized carbons (Fsp3) is 0.833. The van der Waals surface area contributed by atoms with E-state index in [0.29, 0.717) is 6.54 Å². The highest BCUT2D eigenvalue weighted by atomic mass is 16.2. The van der Waals surface area contributed by atoms with Crippen LogP contribution < -0.4 is 16.4 Å². The molecule has 0 spiro atoms. The summed E-state index contributed by atoms with van der Waals surface area (Å²) in [6, 6.07) is -0.199. The van der Waals surface area contributed by atoms with Gasteiger partial charge in [0.05, 0.1) is 5.54 Å². The standard InChI is InChI=1S/C12H24N4O/c1-2-3-9-15-11(17)16-12(10(13)14)7-5-4-6-8-12/h2-9H2,1H3,(H3,13,14)(H2,15,16,17). The van der Waals surface area contributed by atoms with Crippen LogP contribution in [0.3, 0.4) is 0 Å². The Morgan fingerprint density at radius 1 is 1.35 bits per heavy atom. The van der Waals surface area contributed by atoms with Crippen molar-refractivity contribution < 1.29 is 4.79 Å². The third-order valence-electron chi connectivity index (χ3n) is 3.39. The van der Waals surface area contributed by atoms with Gasteiger partial charge in [-0.3, -0.25) is 5.41 Å². The van der Waals surface area contributed by atoms with Crippen LogP contribution in [-0.4, -0.2) is 24.0 Å². The van der Waals surface area contributed by atoms with Gasteiger partial charge in [0.25, 0.3) is 0 Å². The number of carbonyl (C=O) groups is 1. The summed E-state index contributed by atoms with van der Waals surface area (Å²) in [5.74, 6) is 0.0860. The lowest BCUT2D eigenvalue weighted by Crippen LogP contribution is -2.60. The Balaban J connectivity index is 2.48. The lowest BCUT2D eigenvalue weighted by atomic mass is 9.81. The van der Waals surface area contributed by atoms with E-state index in [0.717, 1.165) is 44.9 Å². The van der Waals surface area contributed by atoms with Gasteiger partial charge in [-0.25, -0.2) is 4.79 Å². The van der Waals surface area contributed by atoms with Crippen LogP contribution in [0.5, 0.6) is 0 Å². The van der Waals surface area contributed by atoms with Gasteiger partial charge in [-0.2, -0.15) is 0 Å². The van der Waals surface area contributed by atoms with Crippen LogP contribution in [0, 0.1) is 5.41 Å². The Kier molecular flexibility index (Phi) is 5.25. The summed E-state index contributed by atoms with van der Waals surface area (Å²) in [6.07, 6.45) is 6.80. The van der Waals surface area contributed by atoms with Gasteiger partial charge < -0.3 is 16.4 Å². The molecule has 0 aromatic rings. The molecule has 1 fully saturated rings. The predicted molar refractivity (Wildman–Crippen MR) is 69.2 cm³/mol. The average molecular weight is 240 g/mol. The third-order valence-corrected chi connectivity index (χ3v) is 3.39. The molecule has 98 valence electrons. The number of hydrogen-bond acceptors (Lipinski definition) is 2. The summed E-state index contributed by atoms with van der Waals surface area (Å²) in [5, 5.41) is 13.4. The Morgan fingerprint density at radius 3 is 2.53 bits per heavy atom. The zero-order valence-electron chi connectivity index (χ0n) is 10.6. The van der Waals surface area contributed by atoms with Gasteiger partial charge in [0.2, 0.25) is 0 Å². The molecule has 17 heavy (non-hydrogen) atoms. The SMILES string of the molecule is CCCCNC(=O)NC1(C(=N)N)CCCCC1. The Bertz CT molecular complexity index is 272. The fourth-order valence-corrected chi connectivity index (χ4v) is 2.26. The lowest BCUT2D eigenvalue weighted by molar-refractivity contribution is 0.224. The van der Waals surface area contributed by atoms with Crippen molar-refractivity contribution in [2.24, 2.45) is 5.73 Å². The van der Waals surface area contributed by atoms with Gasteiger partial charge in [0.1, 0.15) is 5.84 Å². The minimum atomic E-state index is -0.603. The van der Waals surface area contributed by atoms with Crippen molar-refractivity contribution in [2.45, 2.75) is 57.4 Å². The predicted octanol–water partition coefficient (Wildman–Crippen LogP) is 1.72. The van der Waals surface area contributed by atoms with Crippen molar-refractivity contribution in [3.8, 4) is 0 Å². The van der Waals surface area contributed by atoms with Crippen LogP contribution in [0.15, 0.2) is 0 Å². The zero-order valence-corrected chi connectivity index (χ0v) is 10.6. The van der Waals surface area contributed by atoms with Crippen LogP contribution in [0.2, 0.25) is 0 Å². The molecular formula is C12H24N4O. The number of rotatable bonds is 5. The maximum atomic E-state index is 11.7. The van der Waals surface area contributed by atoms with Crippen molar-refractivity contribution >= 4 is 11.9 Å². The number of nitrogens with one attached hydrogen (secondary N) is 3. The van der Waals surface area contributed by atoms with E-state index in [9.17, 15) is 4.79 Å². The molecule has 0 unspecified atom stereocenters. The molecule has 1 aliphatic rings. The number of urea groups is 1. The average Bonchev–Trinajstić information content (AvgIpc) is 2.30. The largest absolute Gasteiger partial charge is 0.386 e. The highest BCUT2D eigenvalue weighted by molar-refractivity contribution is 5.91. The second-order valence-corrected chi connectivity index (χ2v) is 4.79. The van der Waals surface area contributed by atoms with Crippen LogP contribution in [0.1, 0.15) is 51.9 Å². The van der Waals surface area contributed by atoms with Gasteiger partial charge in [0.15, 0.2) is 0 Å². The van der Waals surface area contributed by atoms with Crippen LogP contribution in [-0.2, 0) is 0 Å². The van der Waals surface area contributed by atoms with E-state index >= 15 is 0 Å². The number of hydrogen-bond donors (Lipinski definition) is 4. The Labute approximate surface area is 103 Å². The second-order valence-electron chi connectivity index (χ2n) is 4.79. The fourth-order valence-electron chi connectivity index (χ4n) is 2.26. The summed E-state index contributed by atoms with van der Waals surface area (Å²) < 4.78 is 0. The zero-order chi connectivity index (χ0) is 12.7. The van der Waals surface area contributed by atoms with Crippen LogP contribution >= 0.6 is 0 Å². The normalized spacial score (nSPS) is 18.4. The molecule has 1 rings (SSSR count). The van der Waals surface area contributed by atoms with E-state index in [1.54, 1.807) is 0 Å². The van der Waals surface area contributed by atoms with Gasteiger partial charge in [-0.15, -0.1) is 0 Å². The van der Waals surface area contributed by atoms with Crippen molar-refractivity contribution in [3.63, 3.8) is 0 Å². The first-order valence-electron chi connectivity index (χ1n) is 6.51. The minimum Gasteiger partial charge on any atom is -0.386 e. The number of amides is 2. The van der Waals surface area contributed by atoms with Crippen molar-refractivity contribution in [1.29, 1.82) is 5.41 Å². The molecule has 0 radical (unpaired) electrons. The van der Waals surface area contributed by atoms with E-state index in [1.807, 2.05) is 0 Å². The summed E-state index contributed by atoms with van der Waals surface area (Å²) >= 11 is 0. The van der Waals surface area contributed by atoms with E-state index in [4.69, 9.17) is 11.1 Å². The van der Waals surface area contributed by atoms with Gasteiger partial charge in [-0.1, -0.05) is 32.6 Å². The number of amidine groups is 1. The first-order chi connectivity index (χ1) is 8.10. The molecule has 0 saturated heterocycles. The van der Waals surface area contributed by atoms with Crippen LogP contribution in [0.25, 0.3) is 0 Å². The Hall–Kier alpha value is -1.26. The first-order valence-corrected chi connectivity index (χ1v) is 6.51. The minimum absolute atomic E-state index is 0.0860. The van der Waals surface area contributed by atoms with Crippen molar-refractivity contribution in [3.05, 3.63) is 0 Å². The van der Waals surface area contributed by atoms with Crippen molar-refractivity contribution in [1.82, 2.24) is 10.6 Å². The molecule has 0 aliphatic heterocycles. The van der Waals surface area contributed by atoms with Gasteiger partial charge in [-0.05, 0) is 19.3 Å². The second kappa shape index (κ2) is 6.47. The molecule has 0 atom stereocenters. The topological polar surface area (TPSA) is 91.0 Å². The number of unbranched alkanes of at least 4 members (excludes halogenated alkanes) is 1. The number of carbonyl (C=O) groups excluding carboxylic acids is 1. The van der Waals surface area contributed by atoms with Gasteiger partial charge in [0, 0.05) is 6.54 Å². The third kappa shape index (κ3) is 3.91. The van der Waals surface area contributed by atoms with E-state index < -0.39 is 5.54 Å². The molecule has 0 aromatic carbocycles. The molecule has 0 aromatic heterocycles. The van der Waals surface area contributed by atoms with E-state index in [-0.39, 0.29) is 11.9 Å². The highest BCUT2D eigenvalue weighted by Crippen LogP contribution is 2.27. The summed E-state index contributed by atoms with van der Waals surface area (Å²) in [4.78, 5) is 11.7.